The smallest absolute Gasteiger partial charge is 0.233 e. The minimum absolute atomic E-state index is 0.0981. The van der Waals surface area contributed by atoms with Crippen molar-refractivity contribution in [2.75, 3.05) is 7.11 Å². The Hall–Kier alpha value is -3.52. The fourth-order valence-electron chi connectivity index (χ4n) is 3.61. The average molecular weight is 477 g/mol. The van der Waals surface area contributed by atoms with Gasteiger partial charge in [0.2, 0.25) is 5.91 Å². The summed E-state index contributed by atoms with van der Waals surface area (Å²) >= 11 is 1.38. The van der Waals surface area contributed by atoms with Crippen LogP contribution in [0.1, 0.15) is 38.0 Å². The van der Waals surface area contributed by atoms with E-state index in [4.69, 9.17) is 9.15 Å². The van der Waals surface area contributed by atoms with Gasteiger partial charge in [-0.15, -0.1) is 10.2 Å². The largest absolute Gasteiger partial charge is 0.497 e. The second-order valence-corrected chi connectivity index (χ2v) is 9.45. The number of hydrogen-bond acceptors (Lipinski definition) is 6. The van der Waals surface area contributed by atoms with Crippen molar-refractivity contribution in [3.05, 3.63) is 78.3 Å². The highest BCUT2D eigenvalue weighted by molar-refractivity contribution is 8.00. The summed E-state index contributed by atoms with van der Waals surface area (Å²) in [4.78, 5) is 12.8. The van der Waals surface area contributed by atoms with Crippen LogP contribution in [0.3, 0.4) is 0 Å². The van der Waals surface area contributed by atoms with Gasteiger partial charge in [-0.05, 0) is 60.9 Å². The van der Waals surface area contributed by atoms with E-state index in [0.29, 0.717) is 29.2 Å². The molecule has 0 bridgehead atoms. The lowest BCUT2D eigenvalue weighted by Gasteiger charge is -2.18. The molecule has 0 aliphatic heterocycles. The lowest BCUT2D eigenvalue weighted by atomic mass is 10.0. The van der Waals surface area contributed by atoms with Gasteiger partial charge < -0.3 is 14.5 Å². The SMILES string of the molecule is COc1ccc(-c2nnc(SC(C)C(=O)NCc3ccco3)n2-c2ccccc2C(C)C)cc1. The number of amides is 1. The van der Waals surface area contributed by atoms with Crippen molar-refractivity contribution in [3.8, 4) is 22.8 Å². The molecule has 1 unspecified atom stereocenters. The number of carbonyl (C=O) groups excluding carboxylic acids is 1. The van der Waals surface area contributed by atoms with Crippen LogP contribution in [-0.2, 0) is 11.3 Å². The van der Waals surface area contributed by atoms with E-state index in [9.17, 15) is 4.79 Å². The fraction of sp³-hybridized carbons (Fsp3) is 0.269. The average Bonchev–Trinajstić information content (AvgIpc) is 3.52. The summed E-state index contributed by atoms with van der Waals surface area (Å²) in [6.07, 6.45) is 1.59. The fourth-order valence-corrected chi connectivity index (χ4v) is 4.50. The van der Waals surface area contributed by atoms with Crippen molar-refractivity contribution in [2.24, 2.45) is 0 Å². The quantitative estimate of drug-likeness (QED) is 0.323. The van der Waals surface area contributed by atoms with Crippen LogP contribution in [0.5, 0.6) is 5.75 Å². The Bertz CT molecular complexity index is 1230. The summed E-state index contributed by atoms with van der Waals surface area (Å²) in [6, 6.07) is 19.6. The number of aromatic nitrogens is 3. The van der Waals surface area contributed by atoms with Gasteiger partial charge in [-0.2, -0.15) is 0 Å². The zero-order valence-electron chi connectivity index (χ0n) is 19.7. The molecule has 8 heteroatoms. The van der Waals surface area contributed by atoms with Crippen LogP contribution in [-0.4, -0.2) is 33.0 Å². The normalized spacial score (nSPS) is 12.0. The second kappa shape index (κ2) is 10.6. The number of benzene rings is 2. The van der Waals surface area contributed by atoms with Crippen LogP contribution in [0.15, 0.2) is 76.5 Å². The summed E-state index contributed by atoms with van der Waals surface area (Å²) in [5.74, 6) is 2.39. The van der Waals surface area contributed by atoms with E-state index < -0.39 is 0 Å². The van der Waals surface area contributed by atoms with Crippen molar-refractivity contribution in [3.63, 3.8) is 0 Å². The molecule has 0 spiro atoms. The van der Waals surface area contributed by atoms with E-state index in [2.05, 4.69) is 41.5 Å². The van der Waals surface area contributed by atoms with Gasteiger partial charge >= 0.3 is 0 Å². The lowest BCUT2D eigenvalue weighted by molar-refractivity contribution is -0.120. The molecule has 1 amide bonds. The first kappa shape index (κ1) is 23.6. The van der Waals surface area contributed by atoms with Crippen molar-refractivity contribution in [2.45, 2.75) is 43.6 Å². The van der Waals surface area contributed by atoms with Crippen LogP contribution in [0.25, 0.3) is 17.1 Å². The van der Waals surface area contributed by atoms with Crippen molar-refractivity contribution >= 4 is 17.7 Å². The van der Waals surface area contributed by atoms with Gasteiger partial charge in [0.25, 0.3) is 0 Å². The molecular formula is C26H28N4O3S. The van der Waals surface area contributed by atoms with Gasteiger partial charge in [-0.25, -0.2) is 0 Å². The predicted octanol–water partition coefficient (Wildman–Crippen LogP) is 5.46. The minimum Gasteiger partial charge on any atom is -0.497 e. The maximum absolute atomic E-state index is 12.8. The highest BCUT2D eigenvalue weighted by atomic mass is 32.2. The summed E-state index contributed by atoms with van der Waals surface area (Å²) in [5.41, 5.74) is 3.08. The molecular weight excluding hydrogens is 448 g/mol. The first-order valence-electron chi connectivity index (χ1n) is 11.1. The Labute approximate surface area is 203 Å². The molecule has 176 valence electrons. The van der Waals surface area contributed by atoms with E-state index >= 15 is 0 Å². The molecule has 1 atom stereocenters. The molecule has 0 saturated carbocycles. The third-order valence-corrected chi connectivity index (χ3v) is 6.49. The van der Waals surface area contributed by atoms with E-state index in [1.54, 1.807) is 19.4 Å². The van der Waals surface area contributed by atoms with Gasteiger partial charge in [0.05, 0.1) is 30.9 Å². The molecule has 4 rings (SSSR count). The highest BCUT2D eigenvalue weighted by Gasteiger charge is 2.23. The number of rotatable bonds is 9. The molecule has 2 aromatic carbocycles. The summed E-state index contributed by atoms with van der Waals surface area (Å²) in [6.45, 7) is 6.53. The monoisotopic (exact) mass is 476 g/mol. The van der Waals surface area contributed by atoms with Crippen LogP contribution >= 0.6 is 11.8 Å². The lowest BCUT2D eigenvalue weighted by Crippen LogP contribution is -2.30. The highest BCUT2D eigenvalue weighted by Crippen LogP contribution is 2.34. The van der Waals surface area contributed by atoms with Crippen molar-refractivity contribution < 1.29 is 13.9 Å². The zero-order chi connectivity index (χ0) is 24.1. The standard InChI is InChI=1S/C26H28N4O3S/c1-17(2)22-9-5-6-10-23(22)30-24(19-11-13-20(32-4)14-12-19)28-29-26(30)34-18(3)25(31)27-16-21-8-7-15-33-21/h5-15,17-18H,16H2,1-4H3,(H,27,31). The van der Waals surface area contributed by atoms with Gasteiger partial charge in [0.15, 0.2) is 11.0 Å². The molecule has 0 aliphatic rings. The van der Waals surface area contributed by atoms with E-state index in [1.807, 2.05) is 54.0 Å². The number of ether oxygens (including phenoxy) is 1. The first-order chi connectivity index (χ1) is 16.5. The molecule has 2 aromatic heterocycles. The number of hydrogen-bond donors (Lipinski definition) is 1. The molecule has 1 N–H and O–H groups in total. The van der Waals surface area contributed by atoms with Gasteiger partial charge in [0, 0.05) is 5.56 Å². The number of nitrogens with zero attached hydrogens (tertiary/aromatic N) is 3. The molecule has 0 fully saturated rings. The number of para-hydroxylation sites is 1. The van der Waals surface area contributed by atoms with Gasteiger partial charge in [0.1, 0.15) is 11.5 Å². The van der Waals surface area contributed by atoms with Crippen LogP contribution < -0.4 is 10.1 Å². The minimum atomic E-state index is -0.382. The van der Waals surface area contributed by atoms with Gasteiger partial charge in [-0.1, -0.05) is 43.8 Å². The second-order valence-electron chi connectivity index (χ2n) is 8.14. The number of nitrogens with one attached hydrogen (secondary N) is 1. The molecule has 0 radical (unpaired) electrons. The Morgan fingerprint density at radius 2 is 1.82 bits per heavy atom. The third-order valence-electron chi connectivity index (χ3n) is 5.45. The van der Waals surface area contributed by atoms with Crippen molar-refractivity contribution in [1.82, 2.24) is 20.1 Å². The van der Waals surface area contributed by atoms with Crippen LogP contribution in [0.4, 0.5) is 0 Å². The Balaban J connectivity index is 1.68. The summed E-state index contributed by atoms with van der Waals surface area (Å²) in [5, 5.41) is 12.2. The molecule has 0 saturated heterocycles. The Morgan fingerprint density at radius 1 is 1.06 bits per heavy atom. The van der Waals surface area contributed by atoms with E-state index in [0.717, 1.165) is 17.0 Å². The molecule has 34 heavy (non-hydrogen) atoms. The molecule has 7 nitrogen and oxygen atoms in total. The maximum Gasteiger partial charge on any atom is 0.233 e. The van der Waals surface area contributed by atoms with Gasteiger partial charge in [-0.3, -0.25) is 9.36 Å². The zero-order valence-corrected chi connectivity index (χ0v) is 20.5. The maximum atomic E-state index is 12.8. The van der Waals surface area contributed by atoms with E-state index in [1.165, 1.54) is 17.3 Å². The number of thioether (sulfide) groups is 1. The molecule has 0 aliphatic carbocycles. The summed E-state index contributed by atoms with van der Waals surface area (Å²) < 4.78 is 12.7. The Morgan fingerprint density at radius 3 is 2.50 bits per heavy atom. The first-order valence-corrected chi connectivity index (χ1v) is 12.0. The number of methoxy groups -OCH3 is 1. The van der Waals surface area contributed by atoms with E-state index in [-0.39, 0.29) is 11.2 Å². The van der Waals surface area contributed by atoms with Crippen LogP contribution in [0.2, 0.25) is 0 Å². The van der Waals surface area contributed by atoms with Crippen LogP contribution in [0, 0.1) is 0 Å². The van der Waals surface area contributed by atoms with Crippen molar-refractivity contribution in [1.29, 1.82) is 0 Å². The third kappa shape index (κ3) is 5.17. The summed E-state index contributed by atoms with van der Waals surface area (Å²) in [7, 11) is 1.64. The predicted molar refractivity (Wildman–Crippen MR) is 133 cm³/mol. The number of carbonyl (C=O) groups is 1. The topological polar surface area (TPSA) is 82.2 Å². The molecule has 4 aromatic rings. The molecule has 2 heterocycles. The Kier molecular flexibility index (Phi) is 7.37. The number of furan rings is 1.